The molecule has 3 nitrogen and oxygen atoms in total. The Bertz CT molecular complexity index is 477. The molecule has 6 heteroatoms. The molecule has 0 radical (unpaired) electrons. The van der Waals surface area contributed by atoms with Crippen LogP contribution in [0.2, 0.25) is 0 Å². The number of ether oxygens (including phenoxy) is 1. The van der Waals surface area contributed by atoms with E-state index in [9.17, 15) is 18.0 Å². The molecule has 0 aromatic heterocycles. The third kappa shape index (κ3) is 3.48. The van der Waals surface area contributed by atoms with E-state index in [0.717, 1.165) is 13.0 Å². The van der Waals surface area contributed by atoms with Crippen LogP contribution in [0.3, 0.4) is 0 Å². The first-order valence-corrected chi connectivity index (χ1v) is 5.05. The van der Waals surface area contributed by atoms with Gasteiger partial charge in [-0.1, -0.05) is 18.2 Å². The van der Waals surface area contributed by atoms with Crippen molar-refractivity contribution in [2.24, 2.45) is 0 Å². The molecule has 18 heavy (non-hydrogen) atoms. The van der Waals surface area contributed by atoms with Crippen LogP contribution < -0.4 is 0 Å². The zero-order valence-corrected chi connectivity index (χ0v) is 9.49. The van der Waals surface area contributed by atoms with Gasteiger partial charge >= 0.3 is 12.1 Å². The molecule has 96 valence electrons. The number of nitriles is 1. The zero-order valence-electron chi connectivity index (χ0n) is 9.49. The Labute approximate surface area is 102 Å². The van der Waals surface area contributed by atoms with E-state index in [0.29, 0.717) is 0 Å². The highest BCUT2D eigenvalue weighted by Crippen LogP contribution is 2.35. The maximum Gasteiger partial charge on any atom is 0.416 e. The van der Waals surface area contributed by atoms with Crippen molar-refractivity contribution >= 4 is 5.97 Å². The molecule has 0 amide bonds. The quantitative estimate of drug-likeness (QED) is 0.782. The summed E-state index contributed by atoms with van der Waals surface area (Å²) in [6, 6.07) is 6.46. The molecule has 0 N–H and O–H groups in total. The summed E-state index contributed by atoms with van der Waals surface area (Å²) < 4.78 is 42.8. The average Bonchev–Trinajstić information content (AvgIpc) is 2.29. The highest BCUT2D eigenvalue weighted by atomic mass is 19.4. The predicted octanol–water partition coefficient (Wildman–Crippen LogP) is 2.88. The van der Waals surface area contributed by atoms with Crippen molar-refractivity contribution in [3.05, 3.63) is 35.4 Å². The molecule has 0 saturated heterocycles. The van der Waals surface area contributed by atoms with Crippen molar-refractivity contribution < 1.29 is 22.7 Å². The molecule has 1 rings (SSSR count). The number of carbonyl (C=O) groups is 1. The first-order chi connectivity index (χ1) is 8.36. The normalized spacial score (nSPS) is 12.6. The molecule has 1 aromatic carbocycles. The fraction of sp³-hybridized carbons (Fsp3) is 0.333. The van der Waals surface area contributed by atoms with Crippen LogP contribution in [0.1, 0.15) is 24.0 Å². The molecule has 1 atom stereocenters. The minimum Gasteiger partial charge on any atom is -0.464 e. The number of hydrogen-bond donors (Lipinski definition) is 0. The fourth-order valence-corrected chi connectivity index (χ4v) is 1.46. The van der Waals surface area contributed by atoms with Gasteiger partial charge in [-0.3, -0.25) is 4.79 Å². The maximum absolute atomic E-state index is 12.7. The summed E-state index contributed by atoms with van der Waals surface area (Å²) in [6.07, 6.45) is -4.54. The second kappa shape index (κ2) is 5.54. The van der Waals surface area contributed by atoms with Crippen LogP contribution in [0.25, 0.3) is 0 Å². The molecule has 0 aliphatic rings. The Morgan fingerprint density at radius 1 is 1.44 bits per heavy atom. The first-order valence-electron chi connectivity index (χ1n) is 5.05. The second-order valence-electron chi connectivity index (χ2n) is 3.57. The molecule has 0 heterocycles. The third-order valence-corrected chi connectivity index (χ3v) is 2.25. The zero-order chi connectivity index (χ0) is 13.8. The van der Waals surface area contributed by atoms with Crippen molar-refractivity contribution in [2.75, 3.05) is 6.61 Å². The number of halogens is 3. The van der Waals surface area contributed by atoms with Crippen LogP contribution in [0.4, 0.5) is 13.2 Å². The highest BCUT2D eigenvalue weighted by Gasteiger charge is 2.35. The van der Waals surface area contributed by atoms with E-state index in [1.54, 1.807) is 6.07 Å². The smallest absolute Gasteiger partial charge is 0.416 e. The van der Waals surface area contributed by atoms with Gasteiger partial charge in [0.05, 0.1) is 11.6 Å². The van der Waals surface area contributed by atoms with Gasteiger partial charge in [0.25, 0.3) is 0 Å². The molecule has 0 saturated carbocycles. The number of benzene rings is 1. The van der Waals surface area contributed by atoms with E-state index < -0.39 is 23.6 Å². The Morgan fingerprint density at radius 2 is 2.06 bits per heavy atom. The summed E-state index contributed by atoms with van der Waals surface area (Å²) in [4.78, 5) is 10.6. The first kappa shape index (κ1) is 14.0. The Hall–Kier alpha value is -2.03. The van der Waals surface area contributed by atoms with Crippen molar-refractivity contribution in [2.45, 2.75) is 19.0 Å². The van der Waals surface area contributed by atoms with Crippen LogP contribution >= 0.6 is 0 Å². The molecule has 0 bridgehead atoms. The lowest BCUT2D eigenvalue weighted by Crippen LogP contribution is -2.15. The van der Waals surface area contributed by atoms with Crippen LogP contribution in [0.5, 0.6) is 0 Å². The largest absolute Gasteiger partial charge is 0.464 e. The SMILES string of the molecule is CC(=O)OCC(C#N)c1ccccc1C(F)(F)F. The molecule has 1 aromatic rings. The number of nitrogens with zero attached hydrogens (tertiary/aromatic N) is 1. The summed E-state index contributed by atoms with van der Waals surface area (Å²) in [5.41, 5.74) is -1.07. The Kier molecular flexibility index (Phi) is 4.32. The van der Waals surface area contributed by atoms with E-state index in [-0.39, 0.29) is 12.2 Å². The molecule has 1 unspecified atom stereocenters. The lowest BCUT2D eigenvalue weighted by Gasteiger charge is -2.16. The highest BCUT2D eigenvalue weighted by molar-refractivity contribution is 5.66. The van der Waals surface area contributed by atoms with Gasteiger partial charge in [0.2, 0.25) is 0 Å². The molecular formula is C12H10F3NO2. The minimum absolute atomic E-state index is 0.186. The van der Waals surface area contributed by atoms with Crippen LogP contribution in [0, 0.1) is 11.3 Å². The number of hydrogen-bond acceptors (Lipinski definition) is 3. The monoisotopic (exact) mass is 257 g/mol. The number of carbonyl (C=O) groups excluding carboxylic acids is 1. The average molecular weight is 257 g/mol. The van der Waals surface area contributed by atoms with E-state index in [4.69, 9.17) is 5.26 Å². The number of esters is 1. The van der Waals surface area contributed by atoms with Gasteiger partial charge in [0, 0.05) is 6.92 Å². The van der Waals surface area contributed by atoms with Gasteiger partial charge in [0.1, 0.15) is 12.5 Å². The number of rotatable bonds is 3. The van der Waals surface area contributed by atoms with Gasteiger partial charge in [0.15, 0.2) is 0 Å². The summed E-state index contributed by atoms with van der Waals surface area (Å²) in [5, 5.41) is 8.87. The maximum atomic E-state index is 12.7. The minimum atomic E-state index is -4.54. The van der Waals surface area contributed by atoms with Crippen molar-refractivity contribution in [3.8, 4) is 6.07 Å². The Balaban J connectivity index is 3.07. The van der Waals surface area contributed by atoms with Crippen LogP contribution in [0.15, 0.2) is 24.3 Å². The van der Waals surface area contributed by atoms with E-state index in [1.165, 1.54) is 18.2 Å². The molecule has 0 spiro atoms. The molecule has 0 fully saturated rings. The lowest BCUT2D eigenvalue weighted by molar-refractivity contribution is -0.141. The summed E-state index contributed by atoms with van der Waals surface area (Å²) in [5.74, 6) is -1.77. The summed E-state index contributed by atoms with van der Waals surface area (Å²) in [7, 11) is 0. The van der Waals surface area contributed by atoms with Crippen LogP contribution in [-0.4, -0.2) is 12.6 Å². The summed E-state index contributed by atoms with van der Waals surface area (Å²) >= 11 is 0. The van der Waals surface area contributed by atoms with Gasteiger partial charge in [-0.25, -0.2) is 0 Å². The van der Waals surface area contributed by atoms with Crippen molar-refractivity contribution in [1.29, 1.82) is 5.26 Å². The Morgan fingerprint density at radius 3 is 2.56 bits per heavy atom. The lowest BCUT2D eigenvalue weighted by atomic mass is 9.95. The van der Waals surface area contributed by atoms with Gasteiger partial charge < -0.3 is 4.74 Å². The van der Waals surface area contributed by atoms with Crippen molar-refractivity contribution in [1.82, 2.24) is 0 Å². The molecular weight excluding hydrogens is 247 g/mol. The summed E-state index contributed by atoms with van der Waals surface area (Å²) in [6.45, 7) is 0.739. The predicted molar refractivity (Wildman–Crippen MR) is 56.4 cm³/mol. The fourth-order valence-electron chi connectivity index (χ4n) is 1.46. The topological polar surface area (TPSA) is 50.1 Å². The van der Waals surface area contributed by atoms with E-state index in [1.807, 2.05) is 0 Å². The van der Waals surface area contributed by atoms with Crippen LogP contribution in [-0.2, 0) is 15.7 Å². The van der Waals surface area contributed by atoms with E-state index >= 15 is 0 Å². The van der Waals surface area contributed by atoms with Gasteiger partial charge in [-0.2, -0.15) is 18.4 Å². The van der Waals surface area contributed by atoms with Gasteiger partial charge in [-0.05, 0) is 11.6 Å². The molecule has 0 aliphatic carbocycles. The van der Waals surface area contributed by atoms with Gasteiger partial charge in [-0.15, -0.1) is 0 Å². The number of alkyl halides is 3. The van der Waals surface area contributed by atoms with E-state index in [2.05, 4.69) is 4.74 Å². The molecule has 0 aliphatic heterocycles. The standard InChI is InChI=1S/C12H10F3NO2/c1-8(17)18-7-9(6-16)10-4-2-3-5-11(10)12(13,14)15/h2-5,9H,7H2,1H3. The third-order valence-electron chi connectivity index (χ3n) is 2.25. The van der Waals surface area contributed by atoms with Crippen molar-refractivity contribution in [3.63, 3.8) is 0 Å². The second-order valence-corrected chi connectivity index (χ2v) is 3.57.